The first-order valence-corrected chi connectivity index (χ1v) is 6.33. The molecule has 0 saturated carbocycles. The van der Waals surface area contributed by atoms with E-state index in [0.717, 1.165) is 28.2 Å². The second-order valence-corrected chi connectivity index (χ2v) is 5.17. The van der Waals surface area contributed by atoms with Gasteiger partial charge in [-0.05, 0) is 51.8 Å². The summed E-state index contributed by atoms with van der Waals surface area (Å²) in [6.45, 7) is 10.00. The van der Waals surface area contributed by atoms with Gasteiger partial charge in [-0.3, -0.25) is 0 Å². The van der Waals surface area contributed by atoms with Gasteiger partial charge in [0.1, 0.15) is 0 Å². The molecule has 3 heteroatoms. The molecule has 0 aliphatic rings. The lowest BCUT2D eigenvalue weighted by Crippen LogP contribution is -2.06. The first kappa shape index (κ1) is 13.4. The summed E-state index contributed by atoms with van der Waals surface area (Å²) in [6.07, 6.45) is 0. The van der Waals surface area contributed by atoms with Crippen LogP contribution in [0.5, 0.6) is 0 Å². The van der Waals surface area contributed by atoms with Gasteiger partial charge in [0.2, 0.25) is 0 Å². The van der Waals surface area contributed by atoms with E-state index in [1.165, 1.54) is 5.56 Å². The predicted molar refractivity (Wildman–Crippen MR) is 76.4 cm³/mol. The molecule has 3 nitrogen and oxygen atoms in total. The van der Waals surface area contributed by atoms with Gasteiger partial charge in [-0.15, -0.1) is 0 Å². The molecule has 100 valence electrons. The summed E-state index contributed by atoms with van der Waals surface area (Å²) in [6, 6.07) is 5.99. The van der Waals surface area contributed by atoms with Crippen LogP contribution in [-0.4, -0.2) is 15.6 Å². The molecule has 1 N–H and O–H groups in total. The highest BCUT2D eigenvalue weighted by Crippen LogP contribution is 2.27. The Hall–Kier alpha value is -2.03. The number of aryl methyl sites for hydroxylation is 4. The zero-order valence-electron chi connectivity index (χ0n) is 12.0. The zero-order valence-corrected chi connectivity index (χ0v) is 12.0. The van der Waals surface area contributed by atoms with E-state index in [4.69, 9.17) is 0 Å². The van der Waals surface area contributed by atoms with E-state index in [0.29, 0.717) is 5.56 Å². The number of carboxylic acid groups (broad SMARTS) is 1. The van der Waals surface area contributed by atoms with E-state index in [-0.39, 0.29) is 0 Å². The van der Waals surface area contributed by atoms with Gasteiger partial charge >= 0.3 is 5.97 Å². The molecular weight excluding hydrogens is 238 g/mol. The van der Waals surface area contributed by atoms with Gasteiger partial charge in [-0.25, -0.2) is 4.79 Å². The summed E-state index contributed by atoms with van der Waals surface area (Å²) in [7, 11) is 0. The van der Waals surface area contributed by atoms with Crippen LogP contribution in [0, 0.1) is 34.6 Å². The quantitative estimate of drug-likeness (QED) is 0.891. The lowest BCUT2D eigenvalue weighted by Gasteiger charge is -2.16. The van der Waals surface area contributed by atoms with Crippen molar-refractivity contribution in [3.05, 3.63) is 51.8 Å². The Morgan fingerprint density at radius 3 is 1.95 bits per heavy atom. The summed E-state index contributed by atoms with van der Waals surface area (Å²) >= 11 is 0. The largest absolute Gasteiger partial charge is 0.478 e. The molecule has 0 saturated heterocycles. The van der Waals surface area contributed by atoms with Crippen molar-refractivity contribution in [2.45, 2.75) is 34.6 Å². The molecule has 1 heterocycles. The van der Waals surface area contributed by atoms with Crippen molar-refractivity contribution in [2.24, 2.45) is 0 Å². The van der Waals surface area contributed by atoms with E-state index in [2.05, 4.69) is 32.9 Å². The molecule has 0 spiro atoms. The maximum atomic E-state index is 11.2. The summed E-state index contributed by atoms with van der Waals surface area (Å²) in [5.41, 5.74) is 6.74. The maximum absolute atomic E-state index is 11.2. The standard InChI is InChI=1S/C16H19NO2/c1-9-6-10(2)15(11(3)7-9)17-12(4)8-14(13(17)5)16(18)19/h6-8H,1-5H3,(H,18,19). The summed E-state index contributed by atoms with van der Waals surface area (Å²) < 4.78 is 2.04. The Balaban J connectivity index is 2.77. The molecule has 0 aliphatic carbocycles. The molecule has 0 aliphatic heterocycles. The minimum absolute atomic E-state index is 0.372. The number of aromatic nitrogens is 1. The molecule has 0 bridgehead atoms. The van der Waals surface area contributed by atoms with Crippen molar-refractivity contribution >= 4 is 5.97 Å². The predicted octanol–water partition coefficient (Wildman–Crippen LogP) is 3.72. The fourth-order valence-electron chi connectivity index (χ4n) is 2.85. The Kier molecular flexibility index (Phi) is 3.23. The molecule has 2 rings (SSSR count). The van der Waals surface area contributed by atoms with Crippen LogP contribution in [0.15, 0.2) is 18.2 Å². The van der Waals surface area contributed by atoms with Crippen molar-refractivity contribution in [1.29, 1.82) is 0 Å². The summed E-state index contributed by atoms with van der Waals surface area (Å²) in [5.74, 6) is -0.873. The third-order valence-electron chi connectivity index (χ3n) is 3.52. The van der Waals surface area contributed by atoms with E-state index in [9.17, 15) is 9.90 Å². The van der Waals surface area contributed by atoms with Gasteiger partial charge in [0.15, 0.2) is 0 Å². The van der Waals surface area contributed by atoms with E-state index in [1.807, 2.05) is 18.4 Å². The minimum atomic E-state index is -0.873. The zero-order chi connectivity index (χ0) is 14.3. The summed E-state index contributed by atoms with van der Waals surface area (Å²) in [4.78, 5) is 11.2. The average Bonchev–Trinajstić information content (AvgIpc) is 2.55. The third-order valence-corrected chi connectivity index (χ3v) is 3.52. The number of carbonyl (C=O) groups is 1. The third kappa shape index (κ3) is 2.16. The monoisotopic (exact) mass is 257 g/mol. The van der Waals surface area contributed by atoms with Gasteiger partial charge in [-0.2, -0.15) is 0 Å². The highest BCUT2D eigenvalue weighted by molar-refractivity contribution is 5.89. The molecule has 1 aromatic heterocycles. The van der Waals surface area contributed by atoms with Crippen LogP contribution in [-0.2, 0) is 0 Å². The van der Waals surface area contributed by atoms with Crippen molar-refractivity contribution in [2.75, 3.05) is 0 Å². The van der Waals surface area contributed by atoms with Gasteiger partial charge < -0.3 is 9.67 Å². The lowest BCUT2D eigenvalue weighted by atomic mass is 10.0. The van der Waals surface area contributed by atoms with Crippen molar-refractivity contribution in [1.82, 2.24) is 4.57 Å². The van der Waals surface area contributed by atoms with Crippen LogP contribution in [0.4, 0.5) is 0 Å². The molecule has 0 fully saturated rings. The van der Waals surface area contributed by atoms with Crippen LogP contribution >= 0.6 is 0 Å². The lowest BCUT2D eigenvalue weighted by molar-refractivity contribution is 0.0696. The Labute approximate surface area is 113 Å². The fourth-order valence-corrected chi connectivity index (χ4v) is 2.85. The first-order chi connectivity index (χ1) is 8.82. The molecule has 0 atom stereocenters. The smallest absolute Gasteiger partial charge is 0.337 e. The molecular formula is C16H19NO2. The van der Waals surface area contributed by atoms with Crippen molar-refractivity contribution in [3.8, 4) is 5.69 Å². The summed E-state index contributed by atoms with van der Waals surface area (Å²) in [5, 5.41) is 9.22. The number of hydrogen-bond acceptors (Lipinski definition) is 1. The second-order valence-electron chi connectivity index (χ2n) is 5.17. The molecule has 0 radical (unpaired) electrons. The van der Waals surface area contributed by atoms with Crippen LogP contribution < -0.4 is 0 Å². The SMILES string of the molecule is Cc1cc(C)c(-n2c(C)cc(C(=O)O)c2C)c(C)c1. The Bertz CT molecular complexity index is 643. The van der Waals surface area contributed by atoms with Crippen LogP contribution in [0.1, 0.15) is 38.4 Å². The fraction of sp³-hybridized carbons (Fsp3) is 0.312. The Morgan fingerprint density at radius 1 is 1.00 bits per heavy atom. The number of hydrogen-bond donors (Lipinski definition) is 1. The van der Waals surface area contributed by atoms with Crippen molar-refractivity contribution in [3.63, 3.8) is 0 Å². The number of aromatic carboxylic acids is 1. The Morgan fingerprint density at radius 2 is 1.53 bits per heavy atom. The number of rotatable bonds is 2. The van der Waals surface area contributed by atoms with Crippen molar-refractivity contribution < 1.29 is 9.90 Å². The van der Waals surface area contributed by atoms with Gasteiger partial charge in [-0.1, -0.05) is 17.7 Å². The minimum Gasteiger partial charge on any atom is -0.478 e. The molecule has 19 heavy (non-hydrogen) atoms. The van der Waals surface area contributed by atoms with E-state index in [1.54, 1.807) is 6.07 Å². The number of benzene rings is 1. The van der Waals surface area contributed by atoms with Gasteiger partial charge in [0.05, 0.1) is 11.3 Å². The topological polar surface area (TPSA) is 42.2 Å². The molecule has 2 aromatic rings. The maximum Gasteiger partial charge on any atom is 0.337 e. The van der Waals surface area contributed by atoms with E-state index >= 15 is 0 Å². The van der Waals surface area contributed by atoms with Crippen LogP contribution in [0.3, 0.4) is 0 Å². The average molecular weight is 257 g/mol. The number of nitrogens with zero attached hydrogens (tertiary/aromatic N) is 1. The van der Waals surface area contributed by atoms with Gasteiger partial charge in [0, 0.05) is 11.4 Å². The normalized spacial score (nSPS) is 10.8. The van der Waals surface area contributed by atoms with Crippen LogP contribution in [0.2, 0.25) is 0 Å². The van der Waals surface area contributed by atoms with E-state index < -0.39 is 5.97 Å². The molecule has 0 unspecified atom stereocenters. The highest BCUT2D eigenvalue weighted by Gasteiger charge is 2.17. The molecule has 1 aromatic carbocycles. The number of carboxylic acids is 1. The van der Waals surface area contributed by atoms with Gasteiger partial charge in [0.25, 0.3) is 0 Å². The molecule has 0 amide bonds. The first-order valence-electron chi connectivity index (χ1n) is 6.33. The highest BCUT2D eigenvalue weighted by atomic mass is 16.4. The van der Waals surface area contributed by atoms with Crippen LogP contribution in [0.25, 0.3) is 5.69 Å². The second kappa shape index (κ2) is 4.57.